The molecule has 4 atom stereocenters. The maximum Gasteiger partial charge on any atom is 0.165 e. The minimum absolute atomic E-state index is 0.223. The molecule has 2 saturated heterocycles. The van der Waals surface area contributed by atoms with Gasteiger partial charge >= 0.3 is 0 Å². The first-order valence-corrected chi connectivity index (χ1v) is 17.7. The van der Waals surface area contributed by atoms with E-state index in [0.29, 0.717) is 13.2 Å². The van der Waals surface area contributed by atoms with Crippen LogP contribution in [0.3, 0.4) is 0 Å². The van der Waals surface area contributed by atoms with Gasteiger partial charge in [0.1, 0.15) is 23.7 Å². The molecule has 42 heavy (non-hydrogen) atoms. The molecule has 0 saturated carbocycles. The van der Waals surface area contributed by atoms with Crippen LogP contribution in [-0.2, 0) is 23.7 Å². The lowest BCUT2D eigenvalue weighted by Crippen LogP contribution is -2.46. The molecule has 0 spiro atoms. The predicted molar refractivity (Wildman–Crippen MR) is 175 cm³/mol. The minimum atomic E-state index is -0.709. The van der Waals surface area contributed by atoms with E-state index in [9.17, 15) is 0 Å². The highest BCUT2D eigenvalue weighted by Gasteiger charge is 2.51. The monoisotopic (exact) mass is 604 g/mol. The molecule has 3 rings (SSSR count). The zero-order valence-corrected chi connectivity index (χ0v) is 28.2. The smallest absolute Gasteiger partial charge is 0.165 e. The molecule has 0 amide bonds. The Morgan fingerprint density at radius 1 is 0.810 bits per heavy atom. The van der Waals surface area contributed by atoms with Crippen LogP contribution >= 0.6 is 11.8 Å². The minimum Gasteiger partial charge on any atom is -0.368 e. The number of rotatable bonds is 22. The molecular formula is C36H60O5S. The van der Waals surface area contributed by atoms with Gasteiger partial charge in [-0.05, 0) is 52.7 Å². The molecule has 2 aliphatic heterocycles. The van der Waals surface area contributed by atoms with Gasteiger partial charge in [0.25, 0.3) is 0 Å². The Balaban J connectivity index is 1.37. The summed E-state index contributed by atoms with van der Waals surface area (Å²) < 4.78 is 31.6. The van der Waals surface area contributed by atoms with Crippen molar-refractivity contribution < 1.29 is 23.7 Å². The quantitative estimate of drug-likeness (QED) is 0.0969. The van der Waals surface area contributed by atoms with Gasteiger partial charge in [0.05, 0.1) is 13.2 Å². The summed E-state index contributed by atoms with van der Waals surface area (Å²) in [6, 6.07) is 10.3. The molecule has 240 valence electrons. The van der Waals surface area contributed by atoms with E-state index >= 15 is 0 Å². The molecule has 5 nitrogen and oxygen atoms in total. The van der Waals surface area contributed by atoms with E-state index in [0.717, 1.165) is 16.9 Å². The van der Waals surface area contributed by atoms with Gasteiger partial charge in [-0.1, -0.05) is 133 Å². The molecule has 1 aromatic carbocycles. The SMILES string of the molecule is C=C(CCCCCCCCCCCCCCCC)CO[C@@H]([C@@H]1OC(C)(C)OC1Sc1ccccc1)[C@H]1COC(C)(C)O1. The maximum atomic E-state index is 6.57. The Morgan fingerprint density at radius 3 is 1.93 bits per heavy atom. The Labute approximate surface area is 261 Å². The standard InChI is InChI=1S/C36H60O5S/c1-7-8-9-10-11-12-13-14-15-16-17-18-19-21-24-29(2)27-37-32(31-28-38-35(3,4)39-31)33-34(41-36(5,6)40-33)42-30-25-22-20-23-26-30/h20,22-23,25-26,31-34H,2,7-19,21,24,27-28H2,1,3-6H3/t31-,32-,33+,34?/m1/s1. The molecule has 0 aromatic heterocycles. The fourth-order valence-corrected chi connectivity index (χ4v) is 7.06. The third-order valence-electron chi connectivity index (χ3n) is 8.17. The molecule has 0 bridgehead atoms. The lowest BCUT2D eigenvalue weighted by atomic mass is 10.0. The number of hydrogen-bond acceptors (Lipinski definition) is 6. The van der Waals surface area contributed by atoms with E-state index in [2.05, 4.69) is 25.6 Å². The zero-order chi connectivity index (χ0) is 30.3. The van der Waals surface area contributed by atoms with Crippen LogP contribution in [0, 0.1) is 0 Å². The summed E-state index contributed by atoms with van der Waals surface area (Å²) in [5.74, 6) is -1.35. The predicted octanol–water partition coefficient (Wildman–Crippen LogP) is 10.2. The Morgan fingerprint density at radius 2 is 1.38 bits per heavy atom. The lowest BCUT2D eigenvalue weighted by Gasteiger charge is -2.31. The number of unbranched alkanes of at least 4 members (excludes halogenated alkanes) is 13. The molecular weight excluding hydrogens is 544 g/mol. The number of benzene rings is 1. The largest absolute Gasteiger partial charge is 0.368 e. The van der Waals surface area contributed by atoms with Crippen LogP contribution in [0.25, 0.3) is 0 Å². The van der Waals surface area contributed by atoms with Crippen molar-refractivity contribution in [1.29, 1.82) is 0 Å². The second-order valence-electron chi connectivity index (χ2n) is 13.1. The van der Waals surface area contributed by atoms with Crippen molar-refractivity contribution in [2.24, 2.45) is 0 Å². The van der Waals surface area contributed by atoms with Gasteiger partial charge in [-0.25, -0.2) is 0 Å². The summed E-state index contributed by atoms with van der Waals surface area (Å²) >= 11 is 1.67. The highest BCUT2D eigenvalue weighted by atomic mass is 32.2. The normalized spacial score (nSPS) is 23.8. The van der Waals surface area contributed by atoms with Gasteiger partial charge in [0, 0.05) is 4.90 Å². The van der Waals surface area contributed by atoms with E-state index < -0.39 is 11.6 Å². The van der Waals surface area contributed by atoms with Crippen LogP contribution in [-0.4, -0.2) is 48.5 Å². The molecule has 0 radical (unpaired) electrons. The second kappa shape index (κ2) is 18.8. The average Bonchev–Trinajstić information content (AvgIpc) is 3.46. The van der Waals surface area contributed by atoms with Crippen molar-refractivity contribution >= 4 is 11.8 Å². The van der Waals surface area contributed by atoms with Crippen molar-refractivity contribution in [2.75, 3.05) is 13.2 Å². The van der Waals surface area contributed by atoms with Crippen LogP contribution in [0.2, 0.25) is 0 Å². The summed E-state index contributed by atoms with van der Waals surface area (Å²) in [7, 11) is 0. The highest BCUT2D eigenvalue weighted by Crippen LogP contribution is 2.42. The highest BCUT2D eigenvalue weighted by molar-refractivity contribution is 7.99. The third kappa shape index (κ3) is 13.4. The van der Waals surface area contributed by atoms with Crippen LogP contribution in [0.1, 0.15) is 131 Å². The van der Waals surface area contributed by atoms with Gasteiger partial charge in [0.15, 0.2) is 11.6 Å². The van der Waals surface area contributed by atoms with Crippen LogP contribution < -0.4 is 0 Å². The molecule has 1 aromatic rings. The third-order valence-corrected chi connectivity index (χ3v) is 9.31. The first-order chi connectivity index (χ1) is 20.2. The van der Waals surface area contributed by atoms with E-state index in [1.54, 1.807) is 11.8 Å². The number of hydrogen-bond donors (Lipinski definition) is 0. The topological polar surface area (TPSA) is 46.2 Å². The number of thioether (sulfide) groups is 1. The summed E-state index contributed by atoms with van der Waals surface area (Å²) in [5, 5.41) is 0. The van der Waals surface area contributed by atoms with E-state index in [-0.39, 0.29) is 23.7 Å². The summed E-state index contributed by atoms with van der Waals surface area (Å²) in [6.07, 6.45) is 19.3. The molecule has 1 unspecified atom stereocenters. The van der Waals surface area contributed by atoms with Crippen molar-refractivity contribution in [3.05, 3.63) is 42.5 Å². The molecule has 2 aliphatic rings. The summed E-state index contributed by atoms with van der Waals surface area (Å²) in [6.45, 7) is 15.4. The maximum absolute atomic E-state index is 6.57. The van der Waals surface area contributed by atoms with Gasteiger partial charge in [0.2, 0.25) is 0 Å². The average molecular weight is 605 g/mol. The fraction of sp³-hybridized carbons (Fsp3) is 0.778. The summed E-state index contributed by atoms with van der Waals surface area (Å²) in [4.78, 5) is 1.14. The van der Waals surface area contributed by atoms with E-state index in [4.69, 9.17) is 23.7 Å². The zero-order valence-electron chi connectivity index (χ0n) is 27.4. The number of ether oxygens (including phenoxy) is 5. The van der Waals surface area contributed by atoms with Crippen LogP contribution in [0.15, 0.2) is 47.4 Å². The van der Waals surface area contributed by atoms with Crippen LogP contribution in [0.4, 0.5) is 0 Å². The molecule has 6 heteroatoms. The molecule has 0 aliphatic carbocycles. The van der Waals surface area contributed by atoms with E-state index in [1.807, 2.05) is 45.9 Å². The van der Waals surface area contributed by atoms with Crippen LogP contribution in [0.5, 0.6) is 0 Å². The van der Waals surface area contributed by atoms with E-state index in [1.165, 1.54) is 89.9 Å². The van der Waals surface area contributed by atoms with Gasteiger partial charge < -0.3 is 23.7 Å². The Hall–Kier alpha value is -0.890. The lowest BCUT2D eigenvalue weighted by molar-refractivity contribution is -0.186. The van der Waals surface area contributed by atoms with Gasteiger partial charge in [-0.15, -0.1) is 0 Å². The second-order valence-corrected chi connectivity index (χ2v) is 14.3. The first-order valence-electron chi connectivity index (χ1n) is 16.9. The fourth-order valence-electron chi connectivity index (χ4n) is 5.85. The van der Waals surface area contributed by atoms with Gasteiger partial charge in [-0.3, -0.25) is 0 Å². The Bertz CT molecular complexity index is 873. The summed E-state index contributed by atoms with van der Waals surface area (Å²) in [5.41, 5.74) is 0.904. The molecule has 2 heterocycles. The molecule has 0 N–H and O–H groups in total. The Kier molecular flexibility index (Phi) is 15.9. The molecule has 2 fully saturated rings. The van der Waals surface area contributed by atoms with Crippen molar-refractivity contribution in [3.63, 3.8) is 0 Å². The van der Waals surface area contributed by atoms with Crippen molar-refractivity contribution in [2.45, 2.75) is 171 Å². The van der Waals surface area contributed by atoms with Crippen molar-refractivity contribution in [3.8, 4) is 0 Å². The first kappa shape index (κ1) is 35.6. The van der Waals surface area contributed by atoms with Crippen molar-refractivity contribution in [1.82, 2.24) is 0 Å². The van der Waals surface area contributed by atoms with Gasteiger partial charge in [-0.2, -0.15) is 0 Å².